The monoisotopic (exact) mass is 1010 g/mol. The Bertz CT molecular complexity index is 4550. The highest BCUT2D eigenvalue weighted by molar-refractivity contribution is 6.33. The molecular weight excluding hydrogens is 961 g/mol. The number of benzene rings is 16. The molecule has 0 saturated carbocycles. The lowest BCUT2D eigenvalue weighted by atomic mass is 9.81. The molecule has 0 radical (unpaired) electrons. The fourth-order valence-corrected chi connectivity index (χ4v) is 13.3. The Morgan fingerprint density at radius 3 is 0.475 bits per heavy atom. The summed E-state index contributed by atoms with van der Waals surface area (Å²) in [4.78, 5) is 0. The van der Waals surface area contributed by atoms with Gasteiger partial charge >= 0.3 is 0 Å². The second-order valence-corrected chi connectivity index (χ2v) is 21.4. The van der Waals surface area contributed by atoms with E-state index in [4.69, 9.17) is 0 Å². The van der Waals surface area contributed by atoms with E-state index in [1.54, 1.807) is 0 Å². The van der Waals surface area contributed by atoms with Crippen molar-refractivity contribution >= 4 is 64.6 Å². The minimum atomic E-state index is 1.18. The van der Waals surface area contributed by atoms with Crippen molar-refractivity contribution in [2.45, 2.75) is 0 Å². The van der Waals surface area contributed by atoms with E-state index in [1.807, 2.05) is 0 Å². The third kappa shape index (κ3) is 7.38. The fourth-order valence-electron chi connectivity index (χ4n) is 13.3. The predicted octanol–water partition coefficient (Wildman–Crippen LogP) is 22.5. The molecule has 0 saturated heterocycles. The van der Waals surface area contributed by atoms with Gasteiger partial charge in [0.2, 0.25) is 0 Å². The number of hydrogen-bond acceptors (Lipinski definition) is 0. The third-order valence-corrected chi connectivity index (χ3v) is 17.0. The normalized spacial score (nSPS) is 11.8. The van der Waals surface area contributed by atoms with Crippen molar-refractivity contribution in [1.29, 1.82) is 0 Å². The summed E-state index contributed by atoms with van der Waals surface area (Å²) in [6, 6.07) is 113. The van der Waals surface area contributed by atoms with Crippen LogP contribution in [-0.4, -0.2) is 0 Å². The number of hydrogen-bond donors (Lipinski definition) is 0. The molecule has 0 aliphatic heterocycles. The van der Waals surface area contributed by atoms with Gasteiger partial charge in [-0.3, -0.25) is 0 Å². The van der Waals surface area contributed by atoms with Gasteiger partial charge in [0, 0.05) is 0 Å². The molecule has 0 unspecified atom stereocenters. The van der Waals surface area contributed by atoms with Crippen molar-refractivity contribution in [3.05, 3.63) is 303 Å². The SMILES string of the molecule is c1ccc(-c2cc(-c3ccccc3)c3ccc4c(-c5cccc(-c6cccc(-c7cc(-c8ccccc8)c8ccc9c(-c%10ccccc%10)cc(-c%10ccccc%10)c%10ccc7c8c9%10)c6)c5)cc(-c5ccccc5)c5ccc2c3c54)cc1. The summed E-state index contributed by atoms with van der Waals surface area (Å²) in [5.74, 6) is 0. The summed E-state index contributed by atoms with van der Waals surface area (Å²) in [6.45, 7) is 0. The first kappa shape index (κ1) is 45.8. The number of rotatable bonds is 9. The molecule has 0 atom stereocenters. The van der Waals surface area contributed by atoms with Gasteiger partial charge in [-0.25, -0.2) is 0 Å². The molecule has 0 bridgehead atoms. The van der Waals surface area contributed by atoms with Crippen LogP contribution in [-0.2, 0) is 0 Å². The van der Waals surface area contributed by atoms with Crippen molar-refractivity contribution in [3.8, 4) is 100 Å². The maximum absolute atomic E-state index is 2.45. The minimum Gasteiger partial charge on any atom is -0.0622 e. The molecule has 0 heteroatoms. The second-order valence-electron chi connectivity index (χ2n) is 21.4. The quantitative estimate of drug-likeness (QED) is 0.126. The van der Waals surface area contributed by atoms with Crippen LogP contribution < -0.4 is 0 Å². The van der Waals surface area contributed by atoms with Gasteiger partial charge in [0.25, 0.3) is 0 Å². The van der Waals surface area contributed by atoms with Gasteiger partial charge in [-0.15, -0.1) is 0 Å². The third-order valence-electron chi connectivity index (χ3n) is 17.0. The van der Waals surface area contributed by atoms with Gasteiger partial charge in [0.05, 0.1) is 0 Å². The smallest absolute Gasteiger partial charge is 0.00139 e. The summed E-state index contributed by atoms with van der Waals surface area (Å²) in [7, 11) is 0. The van der Waals surface area contributed by atoms with Gasteiger partial charge < -0.3 is 0 Å². The van der Waals surface area contributed by atoms with Crippen LogP contribution in [0.1, 0.15) is 0 Å². The van der Waals surface area contributed by atoms with Gasteiger partial charge in [0.1, 0.15) is 0 Å². The van der Waals surface area contributed by atoms with Crippen molar-refractivity contribution in [1.82, 2.24) is 0 Å². The summed E-state index contributed by atoms with van der Waals surface area (Å²) < 4.78 is 0. The van der Waals surface area contributed by atoms with Crippen LogP contribution in [0.25, 0.3) is 165 Å². The topological polar surface area (TPSA) is 0 Å². The first-order valence-electron chi connectivity index (χ1n) is 27.8. The van der Waals surface area contributed by atoms with E-state index in [2.05, 4.69) is 303 Å². The van der Waals surface area contributed by atoms with Crippen molar-refractivity contribution in [3.63, 3.8) is 0 Å². The van der Waals surface area contributed by atoms with E-state index in [-0.39, 0.29) is 0 Å². The highest BCUT2D eigenvalue weighted by atomic mass is 14.3. The Labute approximate surface area is 465 Å². The minimum absolute atomic E-state index is 1.18. The van der Waals surface area contributed by atoms with Gasteiger partial charge in [-0.1, -0.05) is 267 Å². The van der Waals surface area contributed by atoms with E-state index in [1.165, 1.54) is 165 Å². The molecule has 370 valence electrons. The molecule has 0 nitrogen and oxygen atoms in total. The van der Waals surface area contributed by atoms with Crippen LogP contribution >= 0.6 is 0 Å². The standard InChI is InChI=1S/C80H50/c1-7-21-51(22-8-1)69-47-71(53-25-11-3-12-26-53)63-41-43-67-75(49-73(55-29-15-5-16-30-55)65-39-37-61(69)77(63)79(65)67)59-35-19-33-57(45-59)58-34-20-36-60(46-58)76-50-74(56-31-17-6-18-32-56)66-40-38-62-70(52-23-9-2-10-24-52)48-72(54-27-13-4-14-28-54)64-42-44-68(76)80(66)78(62)64/h1-50H. The molecule has 80 heavy (non-hydrogen) atoms. The van der Waals surface area contributed by atoms with E-state index in [0.29, 0.717) is 0 Å². The van der Waals surface area contributed by atoms with E-state index >= 15 is 0 Å². The summed E-state index contributed by atoms with van der Waals surface area (Å²) in [5.41, 5.74) is 21.9. The largest absolute Gasteiger partial charge is 0.0622 e. The van der Waals surface area contributed by atoms with Gasteiger partial charge in [-0.2, -0.15) is 0 Å². The van der Waals surface area contributed by atoms with Gasteiger partial charge in [-0.05, 0) is 201 Å². The lowest BCUT2D eigenvalue weighted by molar-refractivity contribution is 1.59. The van der Waals surface area contributed by atoms with Crippen LogP contribution in [0.2, 0.25) is 0 Å². The Morgan fingerprint density at radius 1 is 0.113 bits per heavy atom. The zero-order valence-corrected chi connectivity index (χ0v) is 43.9. The van der Waals surface area contributed by atoms with E-state index in [9.17, 15) is 0 Å². The molecule has 0 amide bonds. The summed E-state index contributed by atoms with van der Waals surface area (Å²) in [6.07, 6.45) is 0. The average Bonchev–Trinajstić information content (AvgIpc) is 3.66. The van der Waals surface area contributed by atoms with Crippen LogP contribution in [0.3, 0.4) is 0 Å². The molecule has 16 aromatic carbocycles. The molecular formula is C80H50. The van der Waals surface area contributed by atoms with Crippen molar-refractivity contribution in [2.24, 2.45) is 0 Å². The molecule has 0 aromatic heterocycles. The van der Waals surface area contributed by atoms with Crippen molar-refractivity contribution < 1.29 is 0 Å². The van der Waals surface area contributed by atoms with Crippen LogP contribution in [0.15, 0.2) is 303 Å². The Morgan fingerprint density at radius 2 is 0.275 bits per heavy atom. The molecule has 16 aromatic rings. The fraction of sp³-hybridized carbons (Fsp3) is 0. The maximum Gasteiger partial charge on any atom is -0.00139 e. The first-order valence-corrected chi connectivity index (χ1v) is 27.8. The highest BCUT2D eigenvalue weighted by Crippen LogP contribution is 2.51. The molecule has 0 heterocycles. The molecule has 16 rings (SSSR count). The predicted molar refractivity (Wildman–Crippen MR) is 343 cm³/mol. The zero-order valence-electron chi connectivity index (χ0n) is 43.9. The molecule has 0 fully saturated rings. The molecule has 0 aliphatic carbocycles. The Balaban J connectivity index is 0.910. The second kappa shape index (κ2) is 18.7. The lowest BCUT2D eigenvalue weighted by Gasteiger charge is -2.22. The first-order chi connectivity index (χ1) is 39.7. The van der Waals surface area contributed by atoms with Crippen LogP contribution in [0, 0.1) is 0 Å². The van der Waals surface area contributed by atoms with E-state index < -0.39 is 0 Å². The summed E-state index contributed by atoms with van der Waals surface area (Å²) in [5, 5.41) is 15.3. The Hall–Kier alpha value is -10.4. The molecule has 0 aliphatic rings. The molecule has 0 spiro atoms. The van der Waals surface area contributed by atoms with E-state index in [0.717, 1.165) is 0 Å². The average molecular weight is 1010 g/mol. The van der Waals surface area contributed by atoms with Crippen molar-refractivity contribution in [2.75, 3.05) is 0 Å². The summed E-state index contributed by atoms with van der Waals surface area (Å²) >= 11 is 0. The molecule has 0 N–H and O–H groups in total. The van der Waals surface area contributed by atoms with Crippen LogP contribution in [0.4, 0.5) is 0 Å². The Kier molecular flexibility index (Phi) is 10.7. The maximum atomic E-state index is 2.45. The van der Waals surface area contributed by atoms with Gasteiger partial charge in [0.15, 0.2) is 0 Å². The highest BCUT2D eigenvalue weighted by Gasteiger charge is 2.24. The zero-order chi connectivity index (χ0) is 52.7. The van der Waals surface area contributed by atoms with Crippen LogP contribution in [0.5, 0.6) is 0 Å². The lowest BCUT2D eigenvalue weighted by Crippen LogP contribution is -1.94.